The first-order chi connectivity index (χ1) is 8.13. The van der Waals surface area contributed by atoms with Crippen LogP contribution in [0.5, 0.6) is 0 Å². The number of carbonyl (C=O) groups excluding carboxylic acids is 1. The predicted octanol–water partition coefficient (Wildman–Crippen LogP) is 4.11. The van der Waals surface area contributed by atoms with Gasteiger partial charge in [0.05, 0.1) is 6.61 Å². The molecule has 2 nitrogen and oxygen atoms in total. The SMILES string of the molecule is CCOC(=O)c1cc2c([C@@H](C)F)cccc2s1. The second kappa shape index (κ2) is 4.84. The summed E-state index contributed by atoms with van der Waals surface area (Å²) in [5.41, 5.74) is 0.620. The molecule has 90 valence electrons. The highest BCUT2D eigenvalue weighted by Gasteiger charge is 2.15. The number of benzene rings is 1. The summed E-state index contributed by atoms with van der Waals surface area (Å²) in [6, 6.07) is 7.14. The molecule has 0 spiro atoms. The molecule has 1 aromatic carbocycles. The van der Waals surface area contributed by atoms with Crippen LogP contribution in [0.2, 0.25) is 0 Å². The topological polar surface area (TPSA) is 26.3 Å². The van der Waals surface area contributed by atoms with Crippen molar-refractivity contribution in [2.24, 2.45) is 0 Å². The molecule has 2 aromatic rings. The highest BCUT2D eigenvalue weighted by atomic mass is 32.1. The van der Waals surface area contributed by atoms with E-state index in [4.69, 9.17) is 4.74 Å². The van der Waals surface area contributed by atoms with Crippen LogP contribution in [0.1, 0.15) is 35.3 Å². The third-order valence-electron chi connectivity index (χ3n) is 2.50. The zero-order valence-corrected chi connectivity index (χ0v) is 10.5. The van der Waals surface area contributed by atoms with Crippen molar-refractivity contribution in [1.82, 2.24) is 0 Å². The lowest BCUT2D eigenvalue weighted by Crippen LogP contribution is -2.01. The van der Waals surface area contributed by atoms with Crippen LogP contribution in [0.3, 0.4) is 0 Å². The van der Waals surface area contributed by atoms with Crippen LogP contribution >= 0.6 is 11.3 Å². The van der Waals surface area contributed by atoms with Crippen LogP contribution in [0.15, 0.2) is 24.3 Å². The Kier molecular flexibility index (Phi) is 3.43. The molecule has 0 unspecified atom stereocenters. The molecule has 0 radical (unpaired) electrons. The number of hydrogen-bond donors (Lipinski definition) is 0. The summed E-state index contributed by atoms with van der Waals surface area (Å²) in [6.45, 7) is 3.61. The molecule has 17 heavy (non-hydrogen) atoms. The largest absolute Gasteiger partial charge is 0.462 e. The smallest absolute Gasteiger partial charge is 0.348 e. The number of esters is 1. The third-order valence-corrected chi connectivity index (χ3v) is 3.58. The fourth-order valence-electron chi connectivity index (χ4n) is 1.73. The molecular weight excluding hydrogens is 239 g/mol. The van der Waals surface area contributed by atoms with Gasteiger partial charge in [-0.05, 0) is 36.9 Å². The summed E-state index contributed by atoms with van der Waals surface area (Å²) >= 11 is 1.34. The van der Waals surface area contributed by atoms with Gasteiger partial charge < -0.3 is 4.74 Å². The molecule has 0 saturated carbocycles. The van der Waals surface area contributed by atoms with Gasteiger partial charge in [-0.25, -0.2) is 9.18 Å². The highest BCUT2D eigenvalue weighted by molar-refractivity contribution is 7.20. The maximum Gasteiger partial charge on any atom is 0.348 e. The number of hydrogen-bond acceptors (Lipinski definition) is 3. The Morgan fingerprint density at radius 1 is 1.53 bits per heavy atom. The first-order valence-electron chi connectivity index (χ1n) is 5.47. The van der Waals surface area contributed by atoms with Gasteiger partial charge >= 0.3 is 5.97 Å². The summed E-state index contributed by atoms with van der Waals surface area (Å²) in [5.74, 6) is -0.342. The zero-order valence-electron chi connectivity index (χ0n) is 9.70. The number of fused-ring (bicyclic) bond motifs is 1. The van der Waals surface area contributed by atoms with Gasteiger partial charge in [-0.2, -0.15) is 0 Å². The first kappa shape index (κ1) is 12.0. The Balaban J connectivity index is 2.50. The lowest BCUT2D eigenvalue weighted by Gasteiger charge is -2.02. The van der Waals surface area contributed by atoms with Crippen molar-refractivity contribution in [3.05, 3.63) is 34.7 Å². The van der Waals surface area contributed by atoms with Gasteiger partial charge in [-0.15, -0.1) is 11.3 Å². The standard InChI is InChI=1S/C13H13FO2S/c1-3-16-13(15)12-7-10-9(8(2)14)5-4-6-11(10)17-12/h4-8H,3H2,1-2H3/t8-/m1/s1. The Bertz CT molecular complexity index is 545. The Morgan fingerprint density at radius 3 is 2.94 bits per heavy atom. The number of thiophene rings is 1. The second-order valence-electron chi connectivity index (χ2n) is 3.71. The molecule has 1 atom stereocenters. The van der Waals surface area contributed by atoms with Crippen molar-refractivity contribution < 1.29 is 13.9 Å². The maximum absolute atomic E-state index is 13.4. The van der Waals surface area contributed by atoms with Crippen LogP contribution in [-0.2, 0) is 4.74 Å². The molecule has 0 aliphatic rings. The van der Waals surface area contributed by atoms with Crippen LogP contribution in [0.4, 0.5) is 4.39 Å². The summed E-state index contributed by atoms with van der Waals surface area (Å²) in [5, 5.41) is 0.801. The van der Waals surface area contributed by atoms with Gasteiger partial charge in [0, 0.05) is 4.70 Å². The fraction of sp³-hybridized carbons (Fsp3) is 0.308. The van der Waals surface area contributed by atoms with Crippen molar-refractivity contribution in [2.75, 3.05) is 6.61 Å². The van der Waals surface area contributed by atoms with E-state index in [0.717, 1.165) is 10.1 Å². The van der Waals surface area contributed by atoms with Gasteiger partial charge in [0.15, 0.2) is 0 Å². The maximum atomic E-state index is 13.4. The number of halogens is 1. The van der Waals surface area contributed by atoms with Gasteiger partial charge in [-0.3, -0.25) is 0 Å². The van der Waals surface area contributed by atoms with E-state index in [1.165, 1.54) is 18.3 Å². The molecule has 0 saturated heterocycles. The van der Waals surface area contributed by atoms with E-state index in [1.54, 1.807) is 25.1 Å². The minimum atomic E-state index is -1.04. The van der Waals surface area contributed by atoms with Crippen LogP contribution < -0.4 is 0 Å². The van der Waals surface area contributed by atoms with Crippen LogP contribution in [-0.4, -0.2) is 12.6 Å². The van der Waals surface area contributed by atoms with E-state index in [2.05, 4.69) is 0 Å². The number of rotatable bonds is 3. The highest BCUT2D eigenvalue weighted by Crippen LogP contribution is 2.32. The van der Waals surface area contributed by atoms with Crippen molar-refractivity contribution in [3.8, 4) is 0 Å². The quantitative estimate of drug-likeness (QED) is 0.768. The molecule has 0 aliphatic carbocycles. The van der Waals surface area contributed by atoms with E-state index in [1.807, 2.05) is 6.07 Å². The van der Waals surface area contributed by atoms with Crippen molar-refractivity contribution >= 4 is 27.4 Å². The number of carbonyl (C=O) groups is 1. The monoisotopic (exact) mass is 252 g/mol. The van der Waals surface area contributed by atoms with Gasteiger partial charge in [0.25, 0.3) is 0 Å². The summed E-state index contributed by atoms with van der Waals surface area (Å²) < 4.78 is 19.3. The predicted molar refractivity (Wildman–Crippen MR) is 67.3 cm³/mol. The molecule has 4 heteroatoms. The molecular formula is C13H13FO2S. The van der Waals surface area contributed by atoms with Crippen LogP contribution in [0.25, 0.3) is 10.1 Å². The minimum absolute atomic E-state index is 0.342. The average Bonchev–Trinajstić information content (AvgIpc) is 2.72. The van der Waals surface area contributed by atoms with Gasteiger partial charge in [-0.1, -0.05) is 12.1 Å². The molecule has 0 amide bonds. The Labute approximate surface area is 103 Å². The molecule has 0 N–H and O–H groups in total. The number of alkyl halides is 1. The molecule has 1 aromatic heterocycles. The summed E-state index contributed by atoms with van der Waals surface area (Å²) in [6.07, 6.45) is -1.04. The van der Waals surface area contributed by atoms with E-state index in [-0.39, 0.29) is 5.97 Å². The molecule has 2 rings (SSSR count). The molecule has 1 heterocycles. The fourth-order valence-corrected chi connectivity index (χ4v) is 2.72. The zero-order chi connectivity index (χ0) is 12.4. The second-order valence-corrected chi connectivity index (χ2v) is 4.79. The lowest BCUT2D eigenvalue weighted by atomic mass is 10.1. The van der Waals surface area contributed by atoms with E-state index >= 15 is 0 Å². The van der Waals surface area contributed by atoms with Crippen molar-refractivity contribution in [2.45, 2.75) is 20.0 Å². The normalized spacial score (nSPS) is 12.6. The summed E-state index contributed by atoms with van der Waals surface area (Å²) in [4.78, 5) is 12.1. The Hall–Kier alpha value is -1.42. The van der Waals surface area contributed by atoms with Crippen molar-refractivity contribution in [1.29, 1.82) is 0 Å². The van der Waals surface area contributed by atoms with E-state index in [0.29, 0.717) is 17.0 Å². The molecule has 0 aliphatic heterocycles. The average molecular weight is 252 g/mol. The van der Waals surface area contributed by atoms with E-state index in [9.17, 15) is 9.18 Å². The number of ether oxygens (including phenoxy) is 1. The van der Waals surface area contributed by atoms with Gasteiger partial charge in [0.1, 0.15) is 11.0 Å². The Morgan fingerprint density at radius 2 is 2.29 bits per heavy atom. The van der Waals surface area contributed by atoms with E-state index < -0.39 is 6.17 Å². The minimum Gasteiger partial charge on any atom is -0.462 e. The third kappa shape index (κ3) is 2.31. The molecule has 0 fully saturated rings. The van der Waals surface area contributed by atoms with Gasteiger partial charge in [0.2, 0.25) is 0 Å². The lowest BCUT2D eigenvalue weighted by molar-refractivity contribution is 0.0532. The first-order valence-corrected chi connectivity index (χ1v) is 6.28. The van der Waals surface area contributed by atoms with Crippen molar-refractivity contribution in [3.63, 3.8) is 0 Å². The summed E-state index contributed by atoms with van der Waals surface area (Å²) in [7, 11) is 0. The molecule has 0 bridgehead atoms. The van der Waals surface area contributed by atoms with Crippen LogP contribution in [0, 0.1) is 0 Å².